The number of fused-ring (bicyclic) bond motifs is 11. The molecular weight excluding hydrogens is 669 g/mol. The summed E-state index contributed by atoms with van der Waals surface area (Å²) in [7, 11) is 0. The van der Waals surface area contributed by atoms with Crippen LogP contribution in [0.3, 0.4) is 0 Å². The van der Waals surface area contributed by atoms with Crippen LogP contribution in [0.25, 0.3) is 110 Å². The van der Waals surface area contributed by atoms with E-state index in [0.29, 0.717) is 5.95 Å². The van der Waals surface area contributed by atoms with E-state index >= 15 is 0 Å². The van der Waals surface area contributed by atoms with E-state index in [9.17, 15) is 0 Å². The molecule has 0 aliphatic heterocycles. The van der Waals surface area contributed by atoms with Crippen LogP contribution in [0.1, 0.15) is 11.1 Å². The largest absolute Gasteiger partial charge is 0.308 e. The fourth-order valence-corrected chi connectivity index (χ4v) is 9.83. The third kappa shape index (κ3) is 3.85. The van der Waals surface area contributed by atoms with Gasteiger partial charge in [0.25, 0.3) is 0 Å². The van der Waals surface area contributed by atoms with Crippen molar-refractivity contribution in [1.29, 1.82) is 0 Å². The predicted octanol–water partition coefficient (Wildman–Crippen LogP) is 12.9. The number of hydrogen-bond donors (Lipinski definition) is 0. The lowest BCUT2D eigenvalue weighted by atomic mass is 10.0. The van der Waals surface area contributed by atoms with Gasteiger partial charge >= 0.3 is 0 Å². The molecule has 12 aromatic rings. The molecule has 254 valence electrons. The molecule has 0 bridgehead atoms. The zero-order valence-electron chi connectivity index (χ0n) is 29.7. The maximum atomic E-state index is 5.39. The summed E-state index contributed by atoms with van der Waals surface area (Å²) in [4.78, 5) is 10.7. The molecule has 13 rings (SSSR count). The van der Waals surface area contributed by atoms with E-state index in [2.05, 4.69) is 179 Å². The number of rotatable bonds is 2. The van der Waals surface area contributed by atoms with Gasteiger partial charge in [-0.1, -0.05) is 140 Å². The van der Waals surface area contributed by atoms with E-state index in [-0.39, 0.29) is 0 Å². The lowest BCUT2D eigenvalue weighted by Crippen LogP contribution is -2.03. The van der Waals surface area contributed by atoms with Crippen LogP contribution < -0.4 is 0 Å². The molecule has 55 heavy (non-hydrogen) atoms. The van der Waals surface area contributed by atoms with Crippen LogP contribution in [0, 0.1) is 0 Å². The van der Waals surface area contributed by atoms with E-state index in [1.807, 2.05) is 0 Å². The van der Waals surface area contributed by atoms with Crippen molar-refractivity contribution in [2.45, 2.75) is 6.42 Å². The molecule has 0 spiro atoms. The molecule has 4 heteroatoms. The molecule has 4 nitrogen and oxygen atoms in total. The van der Waals surface area contributed by atoms with Crippen LogP contribution in [-0.2, 0) is 6.42 Å². The maximum absolute atomic E-state index is 5.39. The summed E-state index contributed by atoms with van der Waals surface area (Å²) >= 11 is 0. The van der Waals surface area contributed by atoms with Crippen molar-refractivity contribution in [3.8, 4) is 17.2 Å². The SMILES string of the molecule is c1ccc(-c2nc(-n3c4ccccc4c4cc5c6cccc7c8cccc9c8c8c(cccc8c8ccccc8n(c5cc43)c76)C9)nc3ccccc23)cc1. The van der Waals surface area contributed by atoms with Crippen LogP contribution in [0.5, 0.6) is 0 Å². The summed E-state index contributed by atoms with van der Waals surface area (Å²) in [5, 5.41) is 13.7. The van der Waals surface area contributed by atoms with Crippen molar-refractivity contribution < 1.29 is 0 Å². The second-order valence-corrected chi connectivity index (χ2v) is 14.9. The van der Waals surface area contributed by atoms with Gasteiger partial charge in [0.05, 0.1) is 38.8 Å². The summed E-state index contributed by atoms with van der Waals surface area (Å²) in [5.74, 6) is 0.662. The highest BCUT2D eigenvalue weighted by atomic mass is 15.2. The highest BCUT2D eigenvalue weighted by molar-refractivity contribution is 6.28. The molecule has 4 heterocycles. The summed E-state index contributed by atoms with van der Waals surface area (Å²) in [6.07, 6.45) is 0.957. The number of hydrogen-bond acceptors (Lipinski definition) is 2. The highest BCUT2D eigenvalue weighted by Crippen LogP contribution is 2.45. The Kier molecular flexibility index (Phi) is 5.65. The van der Waals surface area contributed by atoms with Gasteiger partial charge in [0.1, 0.15) is 0 Å². The molecule has 0 saturated heterocycles. The molecule has 0 unspecified atom stereocenters. The van der Waals surface area contributed by atoms with E-state index < -0.39 is 0 Å². The van der Waals surface area contributed by atoms with Crippen LogP contribution in [0.2, 0.25) is 0 Å². The summed E-state index contributed by atoms with van der Waals surface area (Å²) in [5.41, 5.74) is 11.4. The van der Waals surface area contributed by atoms with Crippen LogP contribution >= 0.6 is 0 Å². The summed E-state index contributed by atoms with van der Waals surface area (Å²) in [6.45, 7) is 0. The van der Waals surface area contributed by atoms with E-state index in [1.54, 1.807) is 0 Å². The van der Waals surface area contributed by atoms with Gasteiger partial charge in [-0.15, -0.1) is 0 Å². The minimum Gasteiger partial charge on any atom is -0.308 e. The van der Waals surface area contributed by atoms with Crippen molar-refractivity contribution >= 4 is 92.3 Å². The quantitative estimate of drug-likeness (QED) is 0.180. The fourth-order valence-electron chi connectivity index (χ4n) is 9.83. The number of nitrogens with zero attached hydrogens (tertiary/aromatic N) is 4. The van der Waals surface area contributed by atoms with Gasteiger partial charge < -0.3 is 4.40 Å². The standard InChI is InChI=1S/C51H30N4/c1-2-13-30(14-3-1)49-39-19-4-7-24-42(39)52-51(53-49)55-44-26-9-6-18-34(44)40-28-41-38-23-12-22-37-36-21-11-16-32-27-31-15-10-20-35(47(31)48(32)36)33-17-5-8-25-43(33)54(50(37)38)45(41)29-46(40)55/h1-26,28-29H,27H2. The molecule has 0 amide bonds. The molecule has 0 radical (unpaired) electrons. The first kappa shape index (κ1) is 29.2. The third-order valence-corrected chi connectivity index (χ3v) is 12.1. The number of aromatic nitrogens is 4. The molecular formula is C51H30N4. The molecule has 0 atom stereocenters. The molecule has 4 aromatic heterocycles. The Hall–Kier alpha value is -7.30. The molecule has 1 aliphatic rings. The van der Waals surface area contributed by atoms with Gasteiger partial charge in [0.2, 0.25) is 5.95 Å². The maximum Gasteiger partial charge on any atom is 0.235 e. The Morgan fingerprint density at radius 1 is 0.382 bits per heavy atom. The molecule has 0 fully saturated rings. The first-order valence-corrected chi connectivity index (χ1v) is 19.0. The number of para-hydroxylation sites is 4. The van der Waals surface area contributed by atoms with Crippen molar-refractivity contribution in [3.05, 3.63) is 181 Å². The Morgan fingerprint density at radius 3 is 1.73 bits per heavy atom. The second-order valence-electron chi connectivity index (χ2n) is 14.9. The van der Waals surface area contributed by atoms with Crippen LogP contribution in [0.4, 0.5) is 0 Å². The Balaban J connectivity index is 1.26. The average molecular weight is 699 g/mol. The number of benzene rings is 8. The van der Waals surface area contributed by atoms with Crippen molar-refractivity contribution in [2.24, 2.45) is 0 Å². The van der Waals surface area contributed by atoms with E-state index in [4.69, 9.17) is 9.97 Å². The molecule has 0 saturated carbocycles. The zero-order chi connectivity index (χ0) is 35.8. The monoisotopic (exact) mass is 698 g/mol. The van der Waals surface area contributed by atoms with Gasteiger partial charge in [-0.25, -0.2) is 9.97 Å². The molecule has 0 N–H and O–H groups in total. The summed E-state index contributed by atoms with van der Waals surface area (Å²) in [6, 6.07) is 61.9. The smallest absolute Gasteiger partial charge is 0.235 e. The van der Waals surface area contributed by atoms with E-state index in [0.717, 1.165) is 45.1 Å². The first-order valence-electron chi connectivity index (χ1n) is 19.0. The Bertz CT molecular complexity index is 3680. The second kappa shape index (κ2) is 10.6. The fraction of sp³-hybridized carbons (Fsp3) is 0.0196. The predicted molar refractivity (Wildman–Crippen MR) is 229 cm³/mol. The lowest BCUT2D eigenvalue weighted by Gasteiger charge is -2.12. The van der Waals surface area contributed by atoms with Crippen LogP contribution in [0.15, 0.2) is 170 Å². The van der Waals surface area contributed by atoms with Gasteiger partial charge in [-0.05, 0) is 69.4 Å². The normalized spacial score (nSPS) is 12.7. The van der Waals surface area contributed by atoms with Gasteiger partial charge in [-0.3, -0.25) is 4.57 Å². The Labute approximate surface area is 314 Å². The van der Waals surface area contributed by atoms with E-state index in [1.165, 1.54) is 76.0 Å². The van der Waals surface area contributed by atoms with Gasteiger partial charge in [0.15, 0.2) is 0 Å². The van der Waals surface area contributed by atoms with Gasteiger partial charge in [-0.2, -0.15) is 0 Å². The first-order chi connectivity index (χ1) is 27.3. The zero-order valence-corrected chi connectivity index (χ0v) is 29.7. The highest BCUT2D eigenvalue weighted by Gasteiger charge is 2.23. The topological polar surface area (TPSA) is 35.1 Å². The van der Waals surface area contributed by atoms with Crippen molar-refractivity contribution in [2.75, 3.05) is 0 Å². The summed E-state index contributed by atoms with van der Waals surface area (Å²) < 4.78 is 4.81. The average Bonchev–Trinajstić information content (AvgIpc) is 3.90. The van der Waals surface area contributed by atoms with Gasteiger partial charge in [0, 0.05) is 43.3 Å². The lowest BCUT2D eigenvalue weighted by molar-refractivity contribution is 1.01. The minimum absolute atomic E-state index is 0.662. The third-order valence-electron chi connectivity index (χ3n) is 12.1. The Morgan fingerprint density at radius 2 is 0.945 bits per heavy atom. The van der Waals surface area contributed by atoms with Crippen molar-refractivity contribution in [3.63, 3.8) is 0 Å². The van der Waals surface area contributed by atoms with Crippen molar-refractivity contribution in [1.82, 2.24) is 18.9 Å². The van der Waals surface area contributed by atoms with Crippen LogP contribution in [-0.4, -0.2) is 18.9 Å². The molecule has 8 aromatic carbocycles. The minimum atomic E-state index is 0.662. The molecule has 1 aliphatic carbocycles.